The van der Waals surface area contributed by atoms with Gasteiger partial charge in [-0.1, -0.05) is 17.3 Å². The van der Waals surface area contributed by atoms with Crippen molar-refractivity contribution < 1.29 is 0 Å². The van der Waals surface area contributed by atoms with E-state index in [1.54, 1.807) is 10.9 Å². The zero-order chi connectivity index (χ0) is 13.9. The zero-order valence-electron chi connectivity index (χ0n) is 11.2. The van der Waals surface area contributed by atoms with E-state index in [2.05, 4.69) is 26.8 Å². The summed E-state index contributed by atoms with van der Waals surface area (Å²) in [6.45, 7) is 0. The minimum atomic E-state index is -0.00342. The minimum absolute atomic E-state index is 0.00342. The molecule has 6 nitrogen and oxygen atoms in total. The number of rotatable bonds is 4. The van der Waals surface area contributed by atoms with Crippen LogP contribution in [0.5, 0.6) is 0 Å². The molecule has 1 unspecified atom stereocenters. The van der Waals surface area contributed by atoms with Gasteiger partial charge in [0, 0.05) is 31.2 Å². The lowest BCUT2D eigenvalue weighted by molar-refractivity contribution is 0.546. The Morgan fingerprint density at radius 2 is 2.25 bits per heavy atom. The first-order valence-corrected chi connectivity index (χ1v) is 6.42. The van der Waals surface area contributed by atoms with Gasteiger partial charge in [0.2, 0.25) is 0 Å². The van der Waals surface area contributed by atoms with Gasteiger partial charge in [-0.2, -0.15) is 0 Å². The van der Waals surface area contributed by atoms with Crippen molar-refractivity contribution in [1.29, 1.82) is 0 Å². The Morgan fingerprint density at radius 3 is 3.00 bits per heavy atom. The van der Waals surface area contributed by atoms with Gasteiger partial charge in [0.25, 0.3) is 0 Å². The minimum Gasteiger partial charge on any atom is -0.271 e. The molecule has 0 fully saturated rings. The van der Waals surface area contributed by atoms with Crippen LogP contribution in [0.25, 0.3) is 10.9 Å². The quantitative estimate of drug-likeness (QED) is 0.547. The van der Waals surface area contributed by atoms with Gasteiger partial charge in [0.15, 0.2) is 0 Å². The van der Waals surface area contributed by atoms with Gasteiger partial charge in [-0.3, -0.25) is 20.9 Å². The first-order chi connectivity index (χ1) is 9.76. The van der Waals surface area contributed by atoms with Crippen LogP contribution in [0.2, 0.25) is 0 Å². The molecule has 3 rings (SSSR count). The van der Waals surface area contributed by atoms with Crippen molar-refractivity contribution in [2.75, 3.05) is 0 Å². The summed E-state index contributed by atoms with van der Waals surface area (Å²) in [5.41, 5.74) is 5.84. The molecule has 3 N–H and O–H groups in total. The van der Waals surface area contributed by atoms with E-state index in [4.69, 9.17) is 5.84 Å². The number of nitrogens with zero attached hydrogens (tertiary/aromatic N) is 4. The molecule has 102 valence electrons. The Labute approximate surface area is 116 Å². The largest absolute Gasteiger partial charge is 0.271 e. The van der Waals surface area contributed by atoms with Crippen molar-refractivity contribution in [3.8, 4) is 0 Å². The molecule has 0 radical (unpaired) electrons. The summed E-state index contributed by atoms with van der Waals surface area (Å²) < 4.78 is 1.69. The fourth-order valence-electron chi connectivity index (χ4n) is 2.28. The second kappa shape index (κ2) is 5.36. The Hall–Kier alpha value is -2.31. The van der Waals surface area contributed by atoms with Crippen molar-refractivity contribution in [3.05, 3.63) is 54.0 Å². The molecule has 0 saturated heterocycles. The van der Waals surface area contributed by atoms with Gasteiger partial charge in [-0.05, 0) is 23.8 Å². The highest BCUT2D eigenvalue weighted by Crippen LogP contribution is 2.21. The van der Waals surface area contributed by atoms with Gasteiger partial charge >= 0.3 is 0 Å². The van der Waals surface area contributed by atoms with Crippen LogP contribution in [0.3, 0.4) is 0 Å². The highest BCUT2D eigenvalue weighted by Gasteiger charge is 2.13. The van der Waals surface area contributed by atoms with Gasteiger partial charge in [0.1, 0.15) is 0 Å². The lowest BCUT2D eigenvalue weighted by atomic mass is 10.0. The Bertz CT molecular complexity index is 720. The van der Waals surface area contributed by atoms with E-state index >= 15 is 0 Å². The maximum absolute atomic E-state index is 5.68. The van der Waals surface area contributed by atoms with Crippen LogP contribution < -0.4 is 11.3 Å². The highest BCUT2D eigenvalue weighted by molar-refractivity contribution is 5.79. The molecule has 0 saturated carbocycles. The predicted molar refractivity (Wildman–Crippen MR) is 76.5 cm³/mol. The van der Waals surface area contributed by atoms with E-state index in [1.807, 2.05) is 37.5 Å². The summed E-state index contributed by atoms with van der Waals surface area (Å²) in [5.74, 6) is 5.68. The van der Waals surface area contributed by atoms with Gasteiger partial charge in [-0.15, -0.1) is 5.10 Å². The smallest absolute Gasteiger partial charge is 0.0846 e. The number of hydrogen-bond acceptors (Lipinski definition) is 5. The normalized spacial score (nSPS) is 12.7. The number of aromatic nitrogens is 4. The van der Waals surface area contributed by atoms with Crippen LogP contribution in [-0.2, 0) is 13.5 Å². The standard InChI is InChI=1S/C14H16N6/c1-20-9-12(18-19-20)8-14(17-15)11-4-5-13-10(7-11)3-2-6-16-13/h2-7,9,14,17H,8,15H2,1H3. The SMILES string of the molecule is Cn1cc(CC(NN)c2ccc3ncccc3c2)nn1. The van der Waals surface area contributed by atoms with Crippen molar-refractivity contribution in [2.45, 2.75) is 12.5 Å². The van der Waals surface area contributed by atoms with E-state index < -0.39 is 0 Å². The van der Waals surface area contributed by atoms with Crippen molar-refractivity contribution in [3.63, 3.8) is 0 Å². The molecular weight excluding hydrogens is 252 g/mol. The molecule has 0 aliphatic rings. The van der Waals surface area contributed by atoms with Crippen LogP contribution in [-0.4, -0.2) is 20.0 Å². The van der Waals surface area contributed by atoms with E-state index in [1.165, 1.54) is 0 Å². The van der Waals surface area contributed by atoms with Crippen molar-refractivity contribution in [1.82, 2.24) is 25.4 Å². The number of hydrogen-bond donors (Lipinski definition) is 2. The number of nitrogens with two attached hydrogens (primary N) is 1. The average Bonchev–Trinajstić information content (AvgIpc) is 2.89. The van der Waals surface area contributed by atoms with Crippen LogP contribution in [0.1, 0.15) is 17.3 Å². The fraction of sp³-hybridized carbons (Fsp3) is 0.214. The maximum Gasteiger partial charge on any atom is 0.0846 e. The number of aryl methyl sites for hydroxylation is 1. The number of nitrogens with one attached hydrogen (secondary N) is 1. The third-order valence-corrected chi connectivity index (χ3v) is 3.29. The lowest BCUT2D eigenvalue weighted by Gasteiger charge is -2.15. The summed E-state index contributed by atoms with van der Waals surface area (Å²) in [5, 5.41) is 9.13. The molecule has 1 atom stereocenters. The van der Waals surface area contributed by atoms with E-state index in [0.717, 1.165) is 22.2 Å². The molecule has 1 aromatic carbocycles. The monoisotopic (exact) mass is 268 g/mol. The van der Waals surface area contributed by atoms with E-state index in [9.17, 15) is 0 Å². The summed E-state index contributed by atoms with van der Waals surface area (Å²) in [6, 6.07) is 10.1. The van der Waals surface area contributed by atoms with Crippen LogP contribution in [0, 0.1) is 0 Å². The summed E-state index contributed by atoms with van der Waals surface area (Å²) in [7, 11) is 1.85. The molecule has 0 bridgehead atoms. The second-order valence-corrected chi connectivity index (χ2v) is 4.76. The van der Waals surface area contributed by atoms with Gasteiger partial charge in [0.05, 0.1) is 17.3 Å². The number of benzene rings is 1. The third kappa shape index (κ3) is 2.52. The van der Waals surface area contributed by atoms with Crippen LogP contribution in [0.15, 0.2) is 42.7 Å². The zero-order valence-corrected chi connectivity index (χ0v) is 11.2. The van der Waals surface area contributed by atoms with Gasteiger partial charge in [-0.25, -0.2) is 0 Å². The molecule has 3 aromatic rings. The Balaban J connectivity index is 1.90. The van der Waals surface area contributed by atoms with Crippen molar-refractivity contribution >= 4 is 10.9 Å². The molecular formula is C14H16N6. The maximum atomic E-state index is 5.68. The summed E-state index contributed by atoms with van der Waals surface area (Å²) in [4.78, 5) is 4.32. The highest BCUT2D eigenvalue weighted by atomic mass is 15.4. The third-order valence-electron chi connectivity index (χ3n) is 3.29. The van der Waals surface area contributed by atoms with Crippen molar-refractivity contribution in [2.24, 2.45) is 12.9 Å². The summed E-state index contributed by atoms with van der Waals surface area (Å²) >= 11 is 0. The Kier molecular flexibility index (Phi) is 3.41. The number of fused-ring (bicyclic) bond motifs is 1. The molecule has 6 heteroatoms. The number of pyridine rings is 1. The topological polar surface area (TPSA) is 81.7 Å². The molecule has 0 aliphatic carbocycles. The summed E-state index contributed by atoms with van der Waals surface area (Å²) in [6.07, 6.45) is 4.38. The second-order valence-electron chi connectivity index (χ2n) is 4.76. The van der Waals surface area contributed by atoms with Gasteiger partial charge < -0.3 is 0 Å². The lowest BCUT2D eigenvalue weighted by Crippen LogP contribution is -2.29. The molecule has 0 spiro atoms. The van der Waals surface area contributed by atoms with Crippen LogP contribution >= 0.6 is 0 Å². The molecule has 20 heavy (non-hydrogen) atoms. The average molecular weight is 268 g/mol. The van der Waals surface area contributed by atoms with E-state index in [0.29, 0.717) is 6.42 Å². The Morgan fingerprint density at radius 1 is 1.35 bits per heavy atom. The first kappa shape index (κ1) is 12.7. The molecule has 2 heterocycles. The van der Waals surface area contributed by atoms with E-state index in [-0.39, 0.29) is 6.04 Å². The molecule has 2 aromatic heterocycles. The fourth-order valence-corrected chi connectivity index (χ4v) is 2.28. The number of hydrazine groups is 1. The first-order valence-electron chi connectivity index (χ1n) is 6.42. The molecule has 0 amide bonds. The van der Waals surface area contributed by atoms with Crippen LogP contribution in [0.4, 0.5) is 0 Å². The predicted octanol–water partition coefficient (Wildman–Crippen LogP) is 1.11. The molecule has 0 aliphatic heterocycles.